The molecule has 1 aliphatic heterocycles. The minimum atomic E-state index is -2.44. The monoisotopic (exact) mass is 284 g/mol. The third kappa shape index (κ3) is 2.78. The Morgan fingerprint density at radius 3 is 2.25 bits per heavy atom. The standard InChI is InChI=1S/C13H19BF2N2O2/c1-12(2)13(3,4)20-14(19-12)9-7-18-8(5-10(9)17)6-11(15)16/h5,7,11H,6H2,1-4H3,(H2,17,18). The third-order valence-electron chi connectivity index (χ3n) is 3.90. The first-order valence-electron chi connectivity index (χ1n) is 6.50. The number of halogens is 2. The van der Waals surface area contributed by atoms with Crippen LogP contribution in [0.15, 0.2) is 12.3 Å². The van der Waals surface area contributed by atoms with Gasteiger partial charge in [0.25, 0.3) is 0 Å². The summed E-state index contributed by atoms with van der Waals surface area (Å²) in [5, 5.41) is 0. The quantitative estimate of drug-likeness (QED) is 0.859. The summed E-state index contributed by atoms with van der Waals surface area (Å²) in [5.41, 5.74) is 6.14. The fourth-order valence-corrected chi connectivity index (χ4v) is 1.96. The summed E-state index contributed by atoms with van der Waals surface area (Å²) in [6.07, 6.45) is -1.40. The zero-order chi connectivity index (χ0) is 15.1. The molecule has 7 heteroatoms. The number of aromatic nitrogens is 1. The summed E-state index contributed by atoms with van der Waals surface area (Å²) in [7, 11) is -0.631. The zero-order valence-corrected chi connectivity index (χ0v) is 12.1. The second-order valence-electron chi connectivity index (χ2n) is 5.99. The van der Waals surface area contributed by atoms with Crippen LogP contribution in [0.4, 0.5) is 14.5 Å². The SMILES string of the molecule is CC1(C)OB(c2cnc(CC(F)F)cc2N)OC1(C)C. The molecular formula is C13H19BF2N2O2. The summed E-state index contributed by atoms with van der Waals surface area (Å²) in [4.78, 5) is 4.00. The van der Waals surface area contributed by atoms with Crippen LogP contribution in [0.2, 0.25) is 0 Å². The molecule has 1 fully saturated rings. The first-order valence-corrected chi connectivity index (χ1v) is 6.50. The van der Waals surface area contributed by atoms with Gasteiger partial charge in [0, 0.05) is 23.0 Å². The number of nitrogen functional groups attached to an aromatic ring is 1. The molecule has 0 bridgehead atoms. The molecule has 2 rings (SSSR count). The summed E-state index contributed by atoms with van der Waals surface area (Å²) in [6, 6.07) is 1.45. The molecule has 0 spiro atoms. The zero-order valence-electron chi connectivity index (χ0n) is 12.1. The summed E-state index contributed by atoms with van der Waals surface area (Å²) < 4.78 is 36.4. The van der Waals surface area contributed by atoms with Crippen molar-refractivity contribution in [2.24, 2.45) is 0 Å². The lowest BCUT2D eigenvalue weighted by atomic mass is 9.79. The Kier molecular flexibility index (Phi) is 3.77. The Morgan fingerprint density at radius 1 is 1.25 bits per heavy atom. The number of alkyl halides is 2. The molecular weight excluding hydrogens is 265 g/mol. The first-order chi connectivity index (χ1) is 9.12. The topological polar surface area (TPSA) is 57.4 Å². The second kappa shape index (κ2) is 4.97. The molecule has 4 nitrogen and oxygen atoms in total. The van der Waals surface area contributed by atoms with Crippen LogP contribution in [-0.2, 0) is 15.7 Å². The van der Waals surface area contributed by atoms with Crippen molar-refractivity contribution in [2.75, 3.05) is 5.73 Å². The van der Waals surface area contributed by atoms with E-state index in [9.17, 15) is 8.78 Å². The van der Waals surface area contributed by atoms with Gasteiger partial charge in [-0.2, -0.15) is 0 Å². The Morgan fingerprint density at radius 2 is 1.80 bits per heavy atom. The van der Waals surface area contributed by atoms with Gasteiger partial charge >= 0.3 is 7.12 Å². The van der Waals surface area contributed by atoms with Crippen molar-refractivity contribution in [3.8, 4) is 0 Å². The lowest BCUT2D eigenvalue weighted by Crippen LogP contribution is -2.41. The molecule has 0 saturated carbocycles. The first kappa shape index (κ1) is 15.2. The van der Waals surface area contributed by atoms with Gasteiger partial charge in [0.15, 0.2) is 0 Å². The van der Waals surface area contributed by atoms with Crippen molar-refractivity contribution in [3.63, 3.8) is 0 Å². The number of pyridine rings is 1. The lowest BCUT2D eigenvalue weighted by Gasteiger charge is -2.32. The van der Waals surface area contributed by atoms with Gasteiger partial charge in [-0.25, -0.2) is 8.78 Å². The van der Waals surface area contributed by atoms with Crippen LogP contribution < -0.4 is 11.2 Å². The van der Waals surface area contributed by atoms with Crippen LogP contribution in [0.25, 0.3) is 0 Å². The van der Waals surface area contributed by atoms with E-state index in [1.165, 1.54) is 12.3 Å². The van der Waals surface area contributed by atoms with Gasteiger partial charge in [0.1, 0.15) is 0 Å². The smallest absolute Gasteiger partial charge is 0.399 e. The van der Waals surface area contributed by atoms with E-state index in [1.54, 1.807) is 0 Å². The molecule has 1 aromatic heterocycles. The van der Waals surface area contributed by atoms with E-state index >= 15 is 0 Å². The van der Waals surface area contributed by atoms with Crippen LogP contribution in [-0.4, -0.2) is 29.7 Å². The number of nitrogens with zero attached hydrogens (tertiary/aromatic N) is 1. The Labute approximate surface area is 117 Å². The van der Waals surface area contributed by atoms with E-state index in [-0.39, 0.29) is 5.69 Å². The fraction of sp³-hybridized carbons (Fsp3) is 0.615. The molecule has 0 unspecified atom stereocenters. The van der Waals surface area contributed by atoms with E-state index in [0.717, 1.165) is 0 Å². The molecule has 0 atom stereocenters. The van der Waals surface area contributed by atoms with Gasteiger partial charge in [-0.1, -0.05) is 0 Å². The van der Waals surface area contributed by atoms with Crippen molar-refractivity contribution < 1.29 is 18.1 Å². The van der Waals surface area contributed by atoms with Gasteiger partial charge in [-0.05, 0) is 33.8 Å². The number of hydrogen-bond acceptors (Lipinski definition) is 4. The van der Waals surface area contributed by atoms with Gasteiger partial charge in [0.2, 0.25) is 6.43 Å². The summed E-state index contributed by atoms with van der Waals surface area (Å²) in [6.45, 7) is 7.73. The van der Waals surface area contributed by atoms with E-state index in [4.69, 9.17) is 15.0 Å². The van der Waals surface area contributed by atoms with Gasteiger partial charge in [-0.15, -0.1) is 0 Å². The summed E-state index contributed by atoms with van der Waals surface area (Å²) >= 11 is 0. The third-order valence-corrected chi connectivity index (χ3v) is 3.90. The molecule has 20 heavy (non-hydrogen) atoms. The maximum atomic E-state index is 12.3. The minimum absolute atomic E-state index is 0.262. The largest absolute Gasteiger partial charge is 0.498 e. The highest BCUT2D eigenvalue weighted by Crippen LogP contribution is 2.36. The van der Waals surface area contributed by atoms with E-state index < -0.39 is 31.2 Å². The van der Waals surface area contributed by atoms with E-state index in [1.807, 2.05) is 27.7 Å². The summed E-state index contributed by atoms with van der Waals surface area (Å²) in [5.74, 6) is 0. The van der Waals surface area contributed by atoms with Gasteiger partial charge < -0.3 is 15.0 Å². The molecule has 0 radical (unpaired) electrons. The number of nitrogens with two attached hydrogens (primary N) is 1. The predicted molar refractivity (Wildman–Crippen MR) is 74.1 cm³/mol. The van der Waals surface area contributed by atoms with Crippen molar-refractivity contribution in [1.82, 2.24) is 4.98 Å². The number of hydrogen-bond donors (Lipinski definition) is 1. The normalized spacial score (nSPS) is 20.6. The Balaban J connectivity index is 2.23. The molecule has 0 aliphatic carbocycles. The minimum Gasteiger partial charge on any atom is -0.399 e. The van der Waals surface area contributed by atoms with E-state index in [0.29, 0.717) is 11.2 Å². The Bertz CT molecular complexity index is 493. The van der Waals surface area contributed by atoms with Gasteiger partial charge in [0.05, 0.1) is 17.6 Å². The lowest BCUT2D eigenvalue weighted by molar-refractivity contribution is 0.00578. The van der Waals surface area contributed by atoms with Crippen molar-refractivity contribution >= 4 is 18.3 Å². The highest BCUT2D eigenvalue weighted by Gasteiger charge is 2.52. The predicted octanol–water partition coefficient (Wildman–Crippen LogP) is 1.77. The molecule has 2 N–H and O–H groups in total. The number of rotatable bonds is 3. The highest BCUT2D eigenvalue weighted by atomic mass is 19.3. The van der Waals surface area contributed by atoms with Crippen LogP contribution in [0, 0.1) is 0 Å². The number of anilines is 1. The Hall–Kier alpha value is -1.21. The van der Waals surface area contributed by atoms with Crippen LogP contribution in [0.5, 0.6) is 0 Å². The second-order valence-corrected chi connectivity index (χ2v) is 5.99. The fourth-order valence-electron chi connectivity index (χ4n) is 1.96. The van der Waals surface area contributed by atoms with Crippen molar-refractivity contribution in [2.45, 2.75) is 51.7 Å². The van der Waals surface area contributed by atoms with Crippen LogP contribution >= 0.6 is 0 Å². The maximum absolute atomic E-state index is 12.3. The maximum Gasteiger partial charge on any atom is 0.498 e. The average molecular weight is 284 g/mol. The molecule has 0 aromatic carbocycles. The van der Waals surface area contributed by atoms with E-state index in [2.05, 4.69) is 4.98 Å². The van der Waals surface area contributed by atoms with Crippen LogP contribution in [0.1, 0.15) is 33.4 Å². The molecule has 0 amide bonds. The highest BCUT2D eigenvalue weighted by molar-refractivity contribution is 6.63. The molecule has 1 aliphatic rings. The molecule has 2 heterocycles. The van der Waals surface area contributed by atoms with Gasteiger partial charge in [-0.3, -0.25) is 4.98 Å². The molecule has 1 saturated heterocycles. The van der Waals surface area contributed by atoms with Crippen LogP contribution in [0.3, 0.4) is 0 Å². The average Bonchev–Trinajstić information content (AvgIpc) is 2.46. The van der Waals surface area contributed by atoms with Crippen molar-refractivity contribution in [3.05, 3.63) is 18.0 Å². The molecule has 1 aromatic rings. The molecule has 110 valence electrons. The van der Waals surface area contributed by atoms with Crippen molar-refractivity contribution in [1.29, 1.82) is 0 Å².